The molecule has 0 aliphatic carbocycles. The van der Waals surface area contributed by atoms with Crippen LogP contribution in [-0.4, -0.2) is 34.7 Å². The summed E-state index contributed by atoms with van der Waals surface area (Å²) in [4.78, 5) is 34.7. The fourth-order valence-electron chi connectivity index (χ4n) is 3.76. The zero-order valence-corrected chi connectivity index (χ0v) is 19.5. The van der Waals surface area contributed by atoms with E-state index in [9.17, 15) is 9.59 Å². The van der Waals surface area contributed by atoms with E-state index in [1.165, 1.54) is 0 Å². The highest BCUT2D eigenvalue weighted by molar-refractivity contribution is 5.94. The number of amides is 1. The van der Waals surface area contributed by atoms with Gasteiger partial charge < -0.3 is 14.8 Å². The average molecular weight is 459 g/mol. The van der Waals surface area contributed by atoms with Crippen LogP contribution in [0.1, 0.15) is 35.8 Å². The number of carbonyl (C=O) groups is 1. The summed E-state index contributed by atoms with van der Waals surface area (Å²) in [5.41, 5.74) is 3.31. The highest BCUT2D eigenvalue weighted by atomic mass is 16.5. The van der Waals surface area contributed by atoms with E-state index in [-0.39, 0.29) is 17.5 Å². The fourth-order valence-corrected chi connectivity index (χ4v) is 3.76. The Morgan fingerprint density at radius 3 is 2.44 bits per heavy atom. The quantitative estimate of drug-likeness (QED) is 0.450. The predicted molar refractivity (Wildman–Crippen MR) is 130 cm³/mol. The molecule has 4 aromatic rings. The van der Waals surface area contributed by atoms with Crippen molar-refractivity contribution in [2.24, 2.45) is 0 Å². The highest BCUT2D eigenvalue weighted by Gasteiger charge is 2.16. The lowest BCUT2D eigenvalue weighted by atomic mass is 10.1. The van der Waals surface area contributed by atoms with Crippen molar-refractivity contribution in [1.82, 2.24) is 19.9 Å². The fraction of sp³-hybridized carbons (Fsp3) is 0.231. The minimum absolute atomic E-state index is 0.0757. The van der Waals surface area contributed by atoms with Crippen molar-refractivity contribution in [1.29, 1.82) is 0 Å². The summed E-state index contributed by atoms with van der Waals surface area (Å²) in [5, 5.41) is 2.90. The Hall–Kier alpha value is -4.20. The van der Waals surface area contributed by atoms with E-state index < -0.39 is 0 Å². The molecule has 8 nitrogen and oxygen atoms in total. The van der Waals surface area contributed by atoms with E-state index in [1.54, 1.807) is 61.4 Å². The van der Waals surface area contributed by atoms with Crippen LogP contribution in [0.2, 0.25) is 0 Å². The van der Waals surface area contributed by atoms with Crippen LogP contribution in [0.5, 0.6) is 11.5 Å². The largest absolute Gasteiger partial charge is 0.493 e. The zero-order chi connectivity index (χ0) is 24.2. The molecular weight excluding hydrogens is 432 g/mol. The van der Waals surface area contributed by atoms with Gasteiger partial charge in [-0.15, -0.1) is 0 Å². The van der Waals surface area contributed by atoms with E-state index in [0.29, 0.717) is 46.0 Å². The summed E-state index contributed by atoms with van der Waals surface area (Å²) in [7, 11) is 3.14. The molecule has 34 heavy (non-hydrogen) atoms. The van der Waals surface area contributed by atoms with Crippen LogP contribution in [0.25, 0.3) is 22.4 Å². The van der Waals surface area contributed by atoms with Gasteiger partial charge in [0.05, 0.1) is 14.2 Å². The molecule has 1 amide bonds. The molecule has 0 radical (unpaired) electrons. The van der Waals surface area contributed by atoms with Gasteiger partial charge in [0.2, 0.25) is 0 Å². The van der Waals surface area contributed by atoms with Crippen LogP contribution in [0.4, 0.5) is 0 Å². The molecule has 0 fully saturated rings. The monoisotopic (exact) mass is 458 g/mol. The topological polar surface area (TPSA) is 95.3 Å². The predicted octanol–water partition coefficient (Wildman–Crippen LogP) is 3.99. The number of pyridine rings is 1. The molecule has 0 aliphatic rings. The Kier molecular flexibility index (Phi) is 6.58. The van der Waals surface area contributed by atoms with Gasteiger partial charge in [0.1, 0.15) is 11.2 Å². The molecule has 1 N–H and O–H groups in total. The Labute approximate surface area is 197 Å². The summed E-state index contributed by atoms with van der Waals surface area (Å²) in [6.45, 7) is 4.20. The third-order valence-corrected chi connectivity index (χ3v) is 5.49. The molecule has 0 bridgehead atoms. The lowest BCUT2D eigenvalue weighted by molar-refractivity contribution is 0.0951. The number of aromatic nitrogens is 3. The molecule has 0 unspecified atom stereocenters. The van der Waals surface area contributed by atoms with Gasteiger partial charge in [0, 0.05) is 29.9 Å². The standard InChI is InChI=1S/C26H26N4O4/c1-16(2)30-24-20(6-5-13-27-24)29-23(26(30)32)18-8-10-19(11-9-18)25(31)28-15-17-7-12-21(33-3)22(14-17)34-4/h5-14,16H,15H2,1-4H3,(H,28,31). The van der Waals surface area contributed by atoms with Gasteiger partial charge in [-0.05, 0) is 55.8 Å². The second-order valence-corrected chi connectivity index (χ2v) is 8.02. The number of methoxy groups -OCH3 is 2. The number of nitrogens with zero attached hydrogens (tertiary/aromatic N) is 3. The zero-order valence-electron chi connectivity index (χ0n) is 19.5. The van der Waals surface area contributed by atoms with Crippen LogP contribution >= 0.6 is 0 Å². The van der Waals surface area contributed by atoms with Gasteiger partial charge in [-0.3, -0.25) is 14.2 Å². The molecule has 0 spiro atoms. The normalized spacial score (nSPS) is 11.0. The Balaban J connectivity index is 1.56. The number of carbonyl (C=O) groups excluding carboxylic acids is 1. The molecular formula is C26H26N4O4. The van der Waals surface area contributed by atoms with Crippen molar-refractivity contribution in [2.45, 2.75) is 26.4 Å². The van der Waals surface area contributed by atoms with E-state index in [2.05, 4.69) is 15.3 Å². The Morgan fingerprint density at radius 2 is 1.76 bits per heavy atom. The van der Waals surface area contributed by atoms with Gasteiger partial charge in [0.25, 0.3) is 11.5 Å². The van der Waals surface area contributed by atoms with Crippen molar-refractivity contribution in [3.8, 4) is 22.8 Å². The summed E-state index contributed by atoms with van der Waals surface area (Å²) in [5.74, 6) is 1.00. The molecule has 4 rings (SSSR count). The van der Waals surface area contributed by atoms with Gasteiger partial charge in [-0.2, -0.15) is 0 Å². The smallest absolute Gasteiger partial charge is 0.278 e. The minimum Gasteiger partial charge on any atom is -0.493 e. The molecule has 2 aromatic heterocycles. The van der Waals surface area contributed by atoms with Crippen LogP contribution in [-0.2, 0) is 6.54 Å². The highest BCUT2D eigenvalue weighted by Crippen LogP contribution is 2.27. The number of benzene rings is 2. The molecule has 0 saturated carbocycles. The van der Waals surface area contributed by atoms with Gasteiger partial charge in [0.15, 0.2) is 17.1 Å². The molecule has 0 aliphatic heterocycles. The first-order valence-corrected chi connectivity index (χ1v) is 10.9. The number of hydrogen-bond acceptors (Lipinski definition) is 6. The first kappa shape index (κ1) is 23.0. The maximum atomic E-state index is 13.2. The summed E-state index contributed by atoms with van der Waals surface area (Å²) in [6, 6.07) is 15.9. The first-order chi connectivity index (χ1) is 16.4. The Bertz CT molecular complexity index is 1390. The van der Waals surface area contributed by atoms with E-state index in [0.717, 1.165) is 5.56 Å². The molecule has 2 heterocycles. The maximum absolute atomic E-state index is 13.2. The Morgan fingerprint density at radius 1 is 1.03 bits per heavy atom. The first-order valence-electron chi connectivity index (χ1n) is 10.9. The van der Waals surface area contributed by atoms with Crippen LogP contribution in [0.15, 0.2) is 65.6 Å². The molecule has 2 aromatic carbocycles. The summed E-state index contributed by atoms with van der Waals surface area (Å²) >= 11 is 0. The van der Waals surface area contributed by atoms with Crippen molar-refractivity contribution >= 4 is 17.1 Å². The average Bonchev–Trinajstić information content (AvgIpc) is 2.86. The molecule has 8 heteroatoms. The number of ether oxygens (including phenoxy) is 2. The van der Waals surface area contributed by atoms with E-state index in [4.69, 9.17) is 9.47 Å². The molecule has 0 saturated heterocycles. The van der Waals surface area contributed by atoms with Crippen molar-refractivity contribution < 1.29 is 14.3 Å². The number of nitrogens with one attached hydrogen (secondary N) is 1. The maximum Gasteiger partial charge on any atom is 0.278 e. The molecule has 174 valence electrons. The summed E-state index contributed by atoms with van der Waals surface area (Å²) in [6.07, 6.45) is 1.65. The van der Waals surface area contributed by atoms with Crippen molar-refractivity contribution in [3.05, 3.63) is 82.3 Å². The summed E-state index contributed by atoms with van der Waals surface area (Å²) < 4.78 is 12.2. The second-order valence-electron chi connectivity index (χ2n) is 8.02. The minimum atomic E-state index is -0.225. The van der Waals surface area contributed by atoms with Crippen LogP contribution < -0.4 is 20.3 Å². The van der Waals surface area contributed by atoms with Crippen molar-refractivity contribution in [3.63, 3.8) is 0 Å². The lowest BCUT2D eigenvalue weighted by Gasteiger charge is -2.14. The second kappa shape index (κ2) is 9.74. The van der Waals surface area contributed by atoms with E-state index in [1.807, 2.05) is 32.0 Å². The van der Waals surface area contributed by atoms with Gasteiger partial charge in [-0.25, -0.2) is 9.97 Å². The lowest BCUT2D eigenvalue weighted by Crippen LogP contribution is -2.26. The van der Waals surface area contributed by atoms with Crippen LogP contribution in [0, 0.1) is 0 Å². The third-order valence-electron chi connectivity index (χ3n) is 5.49. The van der Waals surface area contributed by atoms with Gasteiger partial charge in [-0.1, -0.05) is 18.2 Å². The SMILES string of the molecule is COc1ccc(CNC(=O)c2ccc(-c3nc4cccnc4n(C(C)C)c3=O)cc2)cc1OC. The number of fused-ring (bicyclic) bond motifs is 1. The van der Waals surface area contributed by atoms with Gasteiger partial charge >= 0.3 is 0 Å². The number of hydrogen-bond donors (Lipinski definition) is 1. The van der Waals surface area contributed by atoms with Crippen LogP contribution in [0.3, 0.4) is 0 Å². The third kappa shape index (κ3) is 4.47. The van der Waals surface area contributed by atoms with E-state index >= 15 is 0 Å². The van der Waals surface area contributed by atoms with Crippen molar-refractivity contribution in [2.75, 3.05) is 14.2 Å². The molecule has 0 atom stereocenters. The number of rotatable bonds is 7.